The first-order valence-electron chi connectivity index (χ1n) is 8.94. The highest BCUT2D eigenvalue weighted by atomic mass is 16.5. The Balaban J connectivity index is 2.37. The first-order valence-corrected chi connectivity index (χ1v) is 8.94. The molecule has 0 aromatic heterocycles. The van der Waals surface area contributed by atoms with Crippen LogP contribution < -0.4 is 4.74 Å². The number of Topliss-reactive ketones (excluding diaryl/α,β-unsaturated/α-hetero) is 1. The second-order valence-electron chi connectivity index (χ2n) is 6.46. The molecule has 0 saturated heterocycles. The lowest BCUT2D eigenvalue weighted by atomic mass is 9.94. The van der Waals surface area contributed by atoms with Gasteiger partial charge in [-0.2, -0.15) is 0 Å². The van der Waals surface area contributed by atoms with E-state index in [1.807, 2.05) is 32.0 Å². The van der Waals surface area contributed by atoms with E-state index >= 15 is 0 Å². The molecule has 0 spiro atoms. The van der Waals surface area contributed by atoms with Gasteiger partial charge >= 0.3 is 0 Å². The Bertz CT molecular complexity index is 695. The van der Waals surface area contributed by atoms with Crippen LogP contribution in [0.4, 0.5) is 0 Å². The van der Waals surface area contributed by atoms with E-state index in [4.69, 9.17) is 9.47 Å². The number of rotatable bonds is 9. The maximum atomic E-state index is 12.6. The summed E-state index contributed by atoms with van der Waals surface area (Å²) in [5.74, 6) is -0.655. The fraction of sp³-hybridized carbons (Fsp3) is 0.500. The van der Waals surface area contributed by atoms with Crippen LogP contribution in [-0.2, 0) is 14.3 Å². The monoisotopic (exact) mass is 361 g/mol. The van der Waals surface area contributed by atoms with Crippen LogP contribution in [0.5, 0.6) is 5.75 Å². The van der Waals surface area contributed by atoms with Gasteiger partial charge in [0.2, 0.25) is 0 Å². The maximum absolute atomic E-state index is 12.6. The number of hydrogen-bond acceptors (Lipinski definition) is 5. The van der Waals surface area contributed by atoms with Gasteiger partial charge < -0.3 is 19.5 Å². The van der Waals surface area contributed by atoms with Crippen molar-refractivity contribution in [1.29, 1.82) is 0 Å². The van der Waals surface area contributed by atoms with Crippen molar-refractivity contribution in [3.05, 3.63) is 41.2 Å². The Morgan fingerprint density at radius 1 is 1.31 bits per heavy atom. The number of amides is 1. The fourth-order valence-corrected chi connectivity index (χ4v) is 3.13. The van der Waals surface area contributed by atoms with Gasteiger partial charge in [0.15, 0.2) is 11.5 Å². The van der Waals surface area contributed by atoms with Crippen molar-refractivity contribution in [1.82, 2.24) is 4.90 Å². The molecule has 0 bridgehead atoms. The minimum atomic E-state index is -0.648. The predicted octanol–water partition coefficient (Wildman–Crippen LogP) is 3.18. The average Bonchev–Trinajstić information content (AvgIpc) is 2.89. The highest BCUT2D eigenvalue weighted by Gasteiger charge is 2.43. The minimum Gasteiger partial charge on any atom is -0.503 e. The highest BCUT2D eigenvalue weighted by molar-refractivity contribution is 6.08. The molecule has 1 amide bonds. The van der Waals surface area contributed by atoms with Crippen LogP contribution in [0.15, 0.2) is 35.6 Å². The van der Waals surface area contributed by atoms with Crippen LogP contribution in [0, 0.1) is 0 Å². The van der Waals surface area contributed by atoms with Crippen molar-refractivity contribution in [3.8, 4) is 5.75 Å². The van der Waals surface area contributed by atoms with Crippen LogP contribution in [0.25, 0.3) is 0 Å². The molecular weight excluding hydrogens is 334 g/mol. The first kappa shape index (κ1) is 20.0. The third-order valence-electron chi connectivity index (χ3n) is 4.35. The molecule has 142 valence electrons. The number of ether oxygens (including phenoxy) is 2. The molecule has 26 heavy (non-hydrogen) atoms. The summed E-state index contributed by atoms with van der Waals surface area (Å²) in [7, 11) is 1.54. The Hall–Kier alpha value is -2.34. The summed E-state index contributed by atoms with van der Waals surface area (Å²) in [6.07, 6.45) is 0.928. The van der Waals surface area contributed by atoms with Gasteiger partial charge in [0.1, 0.15) is 5.75 Å². The summed E-state index contributed by atoms with van der Waals surface area (Å²) >= 11 is 0. The van der Waals surface area contributed by atoms with E-state index < -0.39 is 17.7 Å². The zero-order valence-electron chi connectivity index (χ0n) is 15.8. The average molecular weight is 361 g/mol. The third-order valence-corrected chi connectivity index (χ3v) is 4.35. The molecule has 0 fully saturated rings. The zero-order valence-corrected chi connectivity index (χ0v) is 15.8. The lowest BCUT2D eigenvalue weighted by molar-refractivity contribution is -0.129. The summed E-state index contributed by atoms with van der Waals surface area (Å²) in [5.41, 5.74) is 0.834. The second kappa shape index (κ2) is 8.85. The Morgan fingerprint density at radius 2 is 2.00 bits per heavy atom. The van der Waals surface area contributed by atoms with Gasteiger partial charge in [-0.15, -0.1) is 0 Å². The molecule has 1 aliphatic heterocycles. The second-order valence-corrected chi connectivity index (χ2v) is 6.46. The number of hydrogen-bond donors (Lipinski definition) is 1. The quantitative estimate of drug-likeness (QED) is 0.684. The van der Waals surface area contributed by atoms with Crippen molar-refractivity contribution in [3.63, 3.8) is 0 Å². The zero-order chi connectivity index (χ0) is 19.3. The van der Waals surface area contributed by atoms with Crippen LogP contribution in [0.1, 0.15) is 45.2 Å². The van der Waals surface area contributed by atoms with Gasteiger partial charge in [0, 0.05) is 25.1 Å². The number of aliphatic hydroxyl groups is 1. The Morgan fingerprint density at radius 3 is 2.62 bits per heavy atom. The molecule has 0 saturated carbocycles. The van der Waals surface area contributed by atoms with E-state index in [1.54, 1.807) is 20.1 Å². The van der Waals surface area contributed by atoms with Gasteiger partial charge in [-0.25, -0.2) is 0 Å². The minimum absolute atomic E-state index is 0.109. The Kier molecular flexibility index (Phi) is 6.80. The molecule has 6 nitrogen and oxygen atoms in total. The number of para-hydroxylation sites is 1. The SMILES string of the molecule is CCC(=O)C1=C(O)C(=O)N(CCCOC(C)C)C1c1ccccc1OC. The van der Waals surface area contributed by atoms with Crippen molar-refractivity contribution >= 4 is 11.7 Å². The summed E-state index contributed by atoms with van der Waals surface area (Å²) in [6.45, 7) is 6.48. The van der Waals surface area contributed by atoms with Gasteiger partial charge in [0.25, 0.3) is 5.91 Å². The maximum Gasteiger partial charge on any atom is 0.290 e. The number of methoxy groups -OCH3 is 1. The molecule has 1 aromatic carbocycles. The Labute approximate surface area is 154 Å². The lowest BCUT2D eigenvalue weighted by Gasteiger charge is -2.28. The molecule has 1 N–H and O–H groups in total. The topological polar surface area (TPSA) is 76.1 Å². The van der Waals surface area contributed by atoms with Crippen LogP contribution in [0.2, 0.25) is 0 Å². The number of carbonyl (C=O) groups is 2. The van der Waals surface area contributed by atoms with Gasteiger partial charge in [0.05, 0.1) is 24.8 Å². The van der Waals surface area contributed by atoms with Crippen LogP contribution in [0.3, 0.4) is 0 Å². The molecule has 1 aliphatic rings. The number of ketones is 1. The molecule has 1 heterocycles. The third kappa shape index (κ3) is 4.07. The van der Waals surface area contributed by atoms with E-state index in [9.17, 15) is 14.7 Å². The van der Waals surface area contributed by atoms with Crippen molar-refractivity contribution in [2.24, 2.45) is 0 Å². The normalized spacial score (nSPS) is 17.3. The molecule has 2 rings (SSSR count). The van der Waals surface area contributed by atoms with Crippen molar-refractivity contribution < 1.29 is 24.2 Å². The largest absolute Gasteiger partial charge is 0.503 e. The van der Waals surface area contributed by atoms with E-state index in [1.165, 1.54) is 4.90 Å². The number of benzene rings is 1. The van der Waals surface area contributed by atoms with Gasteiger partial charge in [-0.1, -0.05) is 25.1 Å². The molecule has 6 heteroatoms. The molecule has 1 aromatic rings. The molecule has 0 radical (unpaired) electrons. The molecule has 1 atom stereocenters. The van der Waals surface area contributed by atoms with E-state index in [-0.39, 0.29) is 23.9 Å². The van der Waals surface area contributed by atoms with Crippen molar-refractivity contribution in [2.75, 3.05) is 20.3 Å². The summed E-state index contributed by atoms with van der Waals surface area (Å²) in [6, 6.07) is 6.60. The number of nitrogens with zero attached hydrogens (tertiary/aromatic N) is 1. The fourth-order valence-electron chi connectivity index (χ4n) is 3.13. The predicted molar refractivity (Wildman–Crippen MR) is 98.1 cm³/mol. The van der Waals surface area contributed by atoms with E-state index in [0.29, 0.717) is 30.9 Å². The lowest BCUT2D eigenvalue weighted by Crippen LogP contribution is -2.33. The van der Waals surface area contributed by atoms with Crippen molar-refractivity contribution in [2.45, 2.75) is 45.8 Å². The number of aliphatic hydroxyl groups excluding tert-OH is 1. The molecule has 0 aliphatic carbocycles. The standard InChI is InChI=1S/C20H27NO5/c1-5-15(22)17-18(14-9-6-7-10-16(14)25-4)21(20(24)19(17)23)11-8-12-26-13(2)3/h6-7,9-10,13,18,23H,5,8,11-12H2,1-4H3. The smallest absolute Gasteiger partial charge is 0.290 e. The summed E-state index contributed by atoms with van der Waals surface area (Å²) in [5, 5.41) is 10.4. The van der Waals surface area contributed by atoms with Gasteiger partial charge in [-0.3, -0.25) is 9.59 Å². The molecular formula is C20H27NO5. The number of carbonyl (C=O) groups excluding carboxylic acids is 2. The van der Waals surface area contributed by atoms with E-state index in [2.05, 4.69) is 0 Å². The summed E-state index contributed by atoms with van der Waals surface area (Å²) < 4.78 is 11.0. The highest BCUT2D eigenvalue weighted by Crippen LogP contribution is 2.41. The van der Waals surface area contributed by atoms with Crippen LogP contribution >= 0.6 is 0 Å². The van der Waals surface area contributed by atoms with Gasteiger partial charge in [-0.05, 0) is 26.3 Å². The van der Waals surface area contributed by atoms with E-state index in [0.717, 1.165) is 0 Å². The van der Waals surface area contributed by atoms with Crippen LogP contribution in [-0.4, -0.2) is 48.1 Å². The first-order chi connectivity index (χ1) is 12.4. The molecule has 1 unspecified atom stereocenters. The summed E-state index contributed by atoms with van der Waals surface area (Å²) in [4.78, 5) is 26.6.